The first-order valence-corrected chi connectivity index (χ1v) is 9.15. The van der Waals surface area contributed by atoms with Crippen molar-refractivity contribution in [2.45, 2.75) is 45.1 Å². The summed E-state index contributed by atoms with van der Waals surface area (Å²) in [4.78, 5) is 16.4. The van der Waals surface area contributed by atoms with E-state index in [0.29, 0.717) is 12.2 Å². The lowest BCUT2D eigenvalue weighted by Gasteiger charge is -2.19. The van der Waals surface area contributed by atoms with Crippen LogP contribution in [-0.4, -0.2) is 30.1 Å². The molecule has 1 aliphatic rings. The summed E-state index contributed by atoms with van der Waals surface area (Å²) in [6, 6.07) is 12.0. The molecule has 0 aliphatic carbocycles. The molecule has 26 heavy (non-hydrogen) atoms. The van der Waals surface area contributed by atoms with E-state index in [0.717, 1.165) is 30.8 Å². The summed E-state index contributed by atoms with van der Waals surface area (Å²) < 4.78 is 5.51. The van der Waals surface area contributed by atoms with E-state index in [1.807, 2.05) is 6.07 Å². The summed E-state index contributed by atoms with van der Waals surface area (Å²) in [5, 5.41) is 6.19. The normalized spacial score (nSPS) is 17.1. The molecule has 2 heterocycles. The van der Waals surface area contributed by atoms with Gasteiger partial charge < -0.3 is 15.4 Å². The largest absolute Gasteiger partial charge is 0.376 e. The number of rotatable bonds is 5. The van der Waals surface area contributed by atoms with Gasteiger partial charge in [-0.3, -0.25) is 4.79 Å². The highest BCUT2D eigenvalue weighted by Gasteiger charge is 2.17. The Bertz CT molecular complexity index is 727. The molecule has 1 fully saturated rings. The van der Waals surface area contributed by atoms with Crippen molar-refractivity contribution in [2.75, 3.05) is 18.5 Å². The van der Waals surface area contributed by atoms with Gasteiger partial charge in [0.1, 0.15) is 5.69 Å². The number of benzene rings is 1. The van der Waals surface area contributed by atoms with Gasteiger partial charge >= 0.3 is 0 Å². The van der Waals surface area contributed by atoms with Crippen molar-refractivity contribution < 1.29 is 9.53 Å². The van der Waals surface area contributed by atoms with E-state index >= 15 is 0 Å². The van der Waals surface area contributed by atoms with Crippen LogP contribution in [0.5, 0.6) is 0 Å². The minimum Gasteiger partial charge on any atom is -0.376 e. The number of hydrogen-bond donors (Lipinski definition) is 2. The highest BCUT2D eigenvalue weighted by Crippen LogP contribution is 2.24. The molecule has 2 N–H and O–H groups in total. The molecule has 5 heteroatoms. The lowest BCUT2D eigenvalue weighted by molar-refractivity contribution is 0.0854. The van der Waals surface area contributed by atoms with Crippen LogP contribution in [-0.2, 0) is 10.2 Å². The zero-order valence-electron chi connectivity index (χ0n) is 15.7. The average molecular weight is 353 g/mol. The number of carbonyl (C=O) groups is 1. The monoisotopic (exact) mass is 353 g/mol. The van der Waals surface area contributed by atoms with Gasteiger partial charge in [-0.15, -0.1) is 0 Å². The van der Waals surface area contributed by atoms with Gasteiger partial charge in [-0.2, -0.15) is 0 Å². The van der Waals surface area contributed by atoms with Crippen molar-refractivity contribution >= 4 is 17.3 Å². The van der Waals surface area contributed by atoms with Crippen LogP contribution in [0.1, 0.15) is 49.7 Å². The fourth-order valence-electron chi connectivity index (χ4n) is 2.92. The van der Waals surface area contributed by atoms with E-state index in [1.54, 1.807) is 12.3 Å². The molecule has 1 unspecified atom stereocenters. The summed E-state index contributed by atoms with van der Waals surface area (Å²) >= 11 is 0. The summed E-state index contributed by atoms with van der Waals surface area (Å²) in [7, 11) is 0. The number of pyridine rings is 1. The second-order valence-corrected chi connectivity index (χ2v) is 7.73. The molecule has 0 spiro atoms. The Morgan fingerprint density at radius 3 is 2.46 bits per heavy atom. The molecule has 0 bridgehead atoms. The Hall–Kier alpha value is -2.40. The lowest BCUT2D eigenvalue weighted by Crippen LogP contribution is -2.32. The summed E-state index contributed by atoms with van der Waals surface area (Å²) in [6.45, 7) is 7.92. The fraction of sp³-hybridized carbons (Fsp3) is 0.429. The van der Waals surface area contributed by atoms with E-state index in [1.165, 1.54) is 5.56 Å². The molecule has 1 aromatic heterocycles. The summed E-state index contributed by atoms with van der Waals surface area (Å²) in [5.74, 6) is -0.165. The maximum Gasteiger partial charge on any atom is 0.269 e. The van der Waals surface area contributed by atoms with E-state index in [-0.39, 0.29) is 17.4 Å². The molecule has 2 aromatic rings. The Morgan fingerprint density at radius 1 is 1.15 bits per heavy atom. The minimum atomic E-state index is -0.165. The zero-order valence-corrected chi connectivity index (χ0v) is 15.7. The van der Waals surface area contributed by atoms with Crippen LogP contribution >= 0.6 is 0 Å². The Labute approximate surface area is 155 Å². The number of nitrogens with zero attached hydrogens (tertiary/aromatic N) is 1. The van der Waals surface area contributed by atoms with Crippen molar-refractivity contribution in [3.05, 3.63) is 53.9 Å². The van der Waals surface area contributed by atoms with Crippen LogP contribution in [0.3, 0.4) is 0 Å². The molecule has 1 atom stereocenters. The van der Waals surface area contributed by atoms with E-state index < -0.39 is 0 Å². The van der Waals surface area contributed by atoms with E-state index in [2.05, 4.69) is 60.7 Å². The Kier molecular flexibility index (Phi) is 5.57. The number of amides is 1. The lowest BCUT2D eigenvalue weighted by atomic mass is 9.87. The molecule has 0 saturated carbocycles. The van der Waals surface area contributed by atoms with Crippen molar-refractivity contribution in [2.24, 2.45) is 0 Å². The number of anilines is 2. The fourth-order valence-corrected chi connectivity index (χ4v) is 2.92. The van der Waals surface area contributed by atoms with Crippen LogP contribution in [0.2, 0.25) is 0 Å². The van der Waals surface area contributed by atoms with Gasteiger partial charge in [-0.1, -0.05) is 32.9 Å². The third kappa shape index (κ3) is 4.82. The third-order valence-corrected chi connectivity index (χ3v) is 4.55. The van der Waals surface area contributed by atoms with E-state index in [9.17, 15) is 4.79 Å². The quantitative estimate of drug-likeness (QED) is 0.852. The Balaban J connectivity index is 1.56. The molecule has 5 nitrogen and oxygen atoms in total. The number of nitrogens with one attached hydrogen (secondary N) is 2. The summed E-state index contributed by atoms with van der Waals surface area (Å²) in [5.41, 5.74) is 3.69. The first-order valence-electron chi connectivity index (χ1n) is 9.15. The van der Waals surface area contributed by atoms with Gasteiger partial charge in [0, 0.05) is 18.8 Å². The molecule has 3 rings (SSSR count). The van der Waals surface area contributed by atoms with Gasteiger partial charge in [0.15, 0.2) is 0 Å². The zero-order chi connectivity index (χ0) is 18.6. The highest BCUT2D eigenvalue weighted by atomic mass is 16.5. The minimum absolute atomic E-state index is 0.135. The number of ether oxygens (including phenoxy) is 1. The van der Waals surface area contributed by atoms with Gasteiger partial charge in [-0.25, -0.2) is 4.98 Å². The molecular weight excluding hydrogens is 326 g/mol. The van der Waals surface area contributed by atoms with Crippen molar-refractivity contribution in [1.29, 1.82) is 0 Å². The molecule has 1 aliphatic heterocycles. The molecule has 1 aromatic carbocycles. The van der Waals surface area contributed by atoms with Crippen LogP contribution in [0, 0.1) is 0 Å². The maximum absolute atomic E-state index is 12.2. The standard InChI is InChI=1S/C21H27N3O2/c1-21(2,3)15-6-8-16(9-7-15)24-17-10-11-19(22-13-17)20(25)23-14-18-5-4-12-26-18/h6-11,13,18,24H,4-5,12,14H2,1-3H3,(H,23,25). The van der Waals surface area contributed by atoms with Crippen LogP contribution in [0.15, 0.2) is 42.6 Å². The second-order valence-electron chi connectivity index (χ2n) is 7.73. The average Bonchev–Trinajstić information content (AvgIpc) is 3.13. The summed E-state index contributed by atoms with van der Waals surface area (Å²) in [6.07, 6.45) is 3.88. The van der Waals surface area contributed by atoms with Crippen LogP contribution in [0.25, 0.3) is 0 Å². The second kappa shape index (κ2) is 7.87. The number of carbonyl (C=O) groups excluding carboxylic acids is 1. The number of hydrogen-bond acceptors (Lipinski definition) is 4. The van der Waals surface area contributed by atoms with Crippen molar-refractivity contribution in [3.8, 4) is 0 Å². The molecule has 1 amide bonds. The molecule has 0 radical (unpaired) electrons. The molecule has 1 saturated heterocycles. The van der Waals surface area contributed by atoms with Gasteiger partial charge in [0.25, 0.3) is 5.91 Å². The first kappa shape index (κ1) is 18.4. The van der Waals surface area contributed by atoms with Crippen molar-refractivity contribution in [3.63, 3.8) is 0 Å². The first-order chi connectivity index (χ1) is 12.4. The van der Waals surface area contributed by atoms with Crippen molar-refractivity contribution in [1.82, 2.24) is 10.3 Å². The van der Waals surface area contributed by atoms with Crippen LogP contribution < -0.4 is 10.6 Å². The maximum atomic E-state index is 12.2. The Morgan fingerprint density at radius 2 is 1.88 bits per heavy atom. The number of aromatic nitrogens is 1. The predicted octanol–water partition coefficient (Wildman–Crippen LogP) is 4.03. The smallest absolute Gasteiger partial charge is 0.269 e. The predicted molar refractivity (Wildman–Crippen MR) is 104 cm³/mol. The van der Waals surface area contributed by atoms with Gasteiger partial charge in [0.2, 0.25) is 0 Å². The van der Waals surface area contributed by atoms with Crippen LogP contribution in [0.4, 0.5) is 11.4 Å². The molecular formula is C21H27N3O2. The van der Waals surface area contributed by atoms with Gasteiger partial charge in [0.05, 0.1) is 18.0 Å². The SMILES string of the molecule is CC(C)(C)c1ccc(Nc2ccc(C(=O)NCC3CCCO3)nc2)cc1. The van der Waals surface area contributed by atoms with Gasteiger partial charge in [-0.05, 0) is 48.1 Å². The topological polar surface area (TPSA) is 63.2 Å². The molecule has 138 valence electrons. The van der Waals surface area contributed by atoms with E-state index in [4.69, 9.17) is 4.74 Å². The highest BCUT2D eigenvalue weighted by molar-refractivity contribution is 5.92. The third-order valence-electron chi connectivity index (χ3n) is 4.55.